The van der Waals surface area contributed by atoms with Crippen LogP contribution in [0.15, 0.2) is 30.3 Å². The highest BCUT2D eigenvalue weighted by Crippen LogP contribution is 2.27. The number of nitrogens with zero attached hydrogens (tertiary/aromatic N) is 1. The highest BCUT2D eigenvalue weighted by molar-refractivity contribution is 7.22. The number of amides is 1. The highest BCUT2D eigenvalue weighted by atomic mass is 32.1. The van der Waals surface area contributed by atoms with Crippen LogP contribution < -0.4 is 5.32 Å². The number of aryl methyl sites for hydroxylation is 1. The lowest BCUT2D eigenvalue weighted by atomic mass is 10.2. The number of aromatic carboxylic acids is 1. The quantitative estimate of drug-likeness (QED) is 0.773. The van der Waals surface area contributed by atoms with Crippen molar-refractivity contribution < 1.29 is 14.7 Å². The van der Waals surface area contributed by atoms with Crippen LogP contribution in [0.2, 0.25) is 0 Å². The Bertz CT molecular complexity index is 851. The van der Waals surface area contributed by atoms with Crippen LogP contribution in [-0.2, 0) is 0 Å². The first-order valence-corrected chi connectivity index (χ1v) is 7.68. The predicted octanol–water partition coefficient (Wildman–Crippen LogP) is 3.62. The van der Waals surface area contributed by atoms with Crippen LogP contribution in [0.3, 0.4) is 0 Å². The molecule has 2 N–H and O–H groups in total. The number of hydrogen-bond acceptors (Lipinski definition) is 5. The molecule has 0 saturated heterocycles. The summed E-state index contributed by atoms with van der Waals surface area (Å²) in [6.07, 6.45) is 0. The first kappa shape index (κ1) is 13.7. The number of carbonyl (C=O) groups excluding carboxylic acids is 1. The van der Waals surface area contributed by atoms with E-state index in [1.54, 1.807) is 0 Å². The van der Waals surface area contributed by atoms with Gasteiger partial charge in [0.05, 0.1) is 15.1 Å². The normalized spacial score (nSPS) is 10.7. The molecule has 0 aliphatic carbocycles. The molecule has 0 bridgehead atoms. The van der Waals surface area contributed by atoms with Gasteiger partial charge in [0.25, 0.3) is 5.91 Å². The molecule has 5 nitrogen and oxygen atoms in total. The average Bonchev–Trinajstić information content (AvgIpc) is 3.03. The zero-order valence-electron chi connectivity index (χ0n) is 10.9. The van der Waals surface area contributed by atoms with Gasteiger partial charge >= 0.3 is 5.97 Å². The van der Waals surface area contributed by atoms with Gasteiger partial charge in [-0.1, -0.05) is 17.4 Å². The van der Waals surface area contributed by atoms with Crippen molar-refractivity contribution in [2.75, 3.05) is 5.32 Å². The van der Waals surface area contributed by atoms with E-state index in [0.717, 1.165) is 27.1 Å². The monoisotopic (exact) mass is 318 g/mol. The van der Waals surface area contributed by atoms with Gasteiger partial charge in [-0.3, -0.25) is 10.1 Å². The van der Waals surface area contributed by atoms with Gasteiger partial charge in [-0.05, 0) is 36.8 Å². The van der Waals surface area contributed by atoms with E-state index < -0.39 is 5.97 Å². The van der Waals surface area contributed by atoms with Gasteiger partial charge in [-0.2, -0.15) is 0 Å². The van der Waals surface area contributed by atoms with Gasteiger partial charge < -0.3 is 5.11 Å². The van der Waals surface area contributed by atoms with Crippen molar-refractivity contribution >= 4 is 49.9 Å². The number of carboxylic acid groups (broad SMARTS) is 1. The van der Waals surface area contributed by atoms with Crippen LogP contribution in [0, 0.1) is 6.92 Å². The minimum atomic E-state index is -1.03. The van der Waals surface area contributed by atoms with Gasteiger partial charge in [0.1, 0.15) is 4.88 Å². The van der Waals surface area contributed by atoms with Crippen LogP contribution in [-0.4, -0.2) is 22.0 Å². The third-order valence-corrected chi connectivity index (χ3v) is 4.81. The molecule has 2 heterocycles. The lowest BCUT2D eigenvalue weighted by Crippen LogP contribution is -2.09. The maximum Gasteiger partial charge on any atom is 0.345 e. The summed E-state index contributed by atoms with van der Waals surface area (Å²) < 4.78 is 1.00. The number of thiophene rings is 1. The maximum atomic E-state index is 12.1. The summed E-state index contributed by atoms with van der Waals surface area (Å²) in [6.45, 7) is 2.00. The molecule has 3 rings (SSSR count). The van der Waals surface area contributed by atoms with Crippen molar-refractivity contribution in [1.29, 1.82) is 0 Å². The van der Waals surface area contributed by atoms with E-state index in [-0.39, 0.29) is 10.8 Å². The zero-order chi connectivity index (χ0) is 15.0. The summed E-state index contributed by atoms with van der Waals surface area (Å²) >= 11 is 2.34. The Balaban J connectivity index is 1.83. The molecule has 106 valence electrons. The number of benzene rings is 1. The lowest BCUT2D eigenvalue weighted by molar-refractivity contribution is 0.0702. The van der Waals surface area contributed by atoms with Crippen LogP contribution in [0.25, 0.3) is 10.2 Å². The number of hydrogen-bond donors (Lipinski definition) is 2. The molecule has 1 aromatic carbocycles. The van der Waals surface area contributed by atoms with Crippen molar-refractivity contribution in [2.24, 2.45) is 0 Å². The maximum absolute atomic E-state index is 12.1. The molecule has 21 heavy (non-hydrogen) atoms. The molecule has 0 unspecified atom stereocenters. The molecule has 3 aromatic rings. The van der Waals surface area contributed by atoms with E-state index in [1.165, 1.54) is 23.5 Å². The van der Waals surface area contributed by atoms with Crippen LogP contribution in [0.4, 0.5) is 5.13 Å². The molecule has 0 aliphatic heterocycles. The lowest BCUT2D eigenvalue weighted by Gasteiger charge is -1.97. The van der Waals surface area contributed by atoms with Gasteiger partial charge in [0.15, 0.2) is 5.13 Å². The fourth-order valence-electron chi connectivity index (χ4n) is 1.82. The zero-order valence-corrected chi connectivity index (χ0v) is 12.5. The first-order valence-electron chi connectivity index (χ1n) is 6.04. The Hall–Kier alpha value is -2.25. The topological polar surface area (TPSA) is 79.3 Å². The van der Waals surface area contributed by atoms with Crippen LogP contribution in [0.5, 0.6) is 0 Å². The number of nitrogens with one attached hydrogen (secondary N) is 1. The number of anilines is 1. The number of thiazole rings is 1. The summed E-state index contributed by atoms with van der Waals surface area (Å²) in [4.78, 5) is 27.7. The van der Waals surface area contributed by atoms with Crippen molar-refractivity contribution in [2.45, 2.75) is 6.92 Å². The largest absolute Gasteiger partial charge is 0.477 e. The molecular weight excluding hydrogens is 308 g/mol. The van der Waals surface area contributed by atoms with Crippen molar-refractivity contribution in [3.05, 3.63) is 45.6 Å². The molecule has 7 heteroatoms. The van der Waals surface area contributed by atoms with Gasteiger partial charge in [0, 0.05) is 0 Å². The summed E-state index contributed by atoms with van der Waals surface area (Å²) in [6, 6.07) is 8.80. The van der Waals surface area contributed by atoms with E-state index in [4.69, 9.17) is 5.11 Å². The Labute approximate surface area is 127 Å². The number of aromatic nitrogens is 1. The van der Waals surface area contributed by atoms with Crippen LogP contribution >= 0.6 is 22.7 Å². The molecule has 0 radical (unpaired) electrons. The van der Waals surface area contributed by atoms with E-state index in [1.807, 2.05) is 25.1 Å². The fraction of sp³-hybridized carbons (Fsp3) is 0.0714. The summed E-state index contributed by atoms with van der Waals surface area (Å²) in [5.41, 5.74) is 1.96. The Morgan fingerprint density at radius 1 is 1.14 bits per heavy atom. The number of fused-ring (bicyclic) bond motifs is 1. The number of carboxylic acids is 1. The van der Waals surface area contributed by atoms with Gasteiger partial charge in [0.2, 0.25) is 0 Å². The molecule has 0 aliphatic rings. The van der Waals surface area contributed by atoms with E-state index >= 15 is 0 Å². The van der Waals surface area contributed by atoms with Gasteiger partial charge in [-0.25, -0.2) is 9.78 Å². The Morgan fingerprint density at radius 3 is 2.62 bits per heavy atom. The van der Waals surface area contributed by atoms with Crippen molar-refractivity contribution in [3.63, 3.8) is 0 Å². The molecular formula is C14H10N2O3S2. The molecule has 2 aromatic heterocycles. The van der Waals surface area contributed by atoms with E-state index in [9.17, 15) is 9.59 Å². The molecule has 0 spiro atoms. The SMILES string of the molecule is Cc1ccc2nc(NC(=O)c3ccc(C(=O)O)s3)sc2c1. The third kappa shape index (κ3) is 2.79. The second-order valence-corrected chi connectivity index (χ2v) is 6.53. The Kier molecular flexibility index (Phi) is 3.44. The fourth-order valence-corrected chi connectivity index (χ4v) is 3.52. The predicted molar refractivity (Wildman–Crippen MR) is 83.6 cm³/mol. The van der Waals surface area contributed by atoms with Gasteiger partial charge in [-0.15, -0.1) is 11.3 Å². The number of carbonyl (C=O) groups is 2. The molecule has 0 atom stereocenters. The first-order chi connectivity index (χ1) is 10.0. The number of rotatable bonds is 3. The molecule has 0 fully saturated rings. The van der Waals surface area contributed by atoms with Crippen molar-refractivity contribution in [3.8, 4) is 0 Å². The van der Waals surface area contributed by atoms with E-state index in [2.05, 4.69) is 10.3 Å². The molecule has 1 amide bonds. The summed E-state index contributed by atoms with van der Waals surface area (Å²) in [5, 5.41) is 12.1. The van der Waals surface area contributed by atoms with Crippen LogP contribution in [0.1, 0.15) is 24.9 Å². The smallest absolute Gasteiger partial charge is 0.345 e. The minimum absolute atomic E-state index is 0.139. The summed E-state index contributed by atoms with van der Waals surface area (Å²) in [7, 11) is 0. The van der Waals surface area contributed by atoms with E-state index in [0.29, 0.717) is 10.0 Å². The average molecular weight is 318 g/mol. The summed E-state index contributed by atoms with van der Waals surface area (Å²) in [5.74, 6) is -1.38. The van der Waals surface area contributed by atoms with Crippen molar-refractivity contribution in [1.82, 2.24) is 4.98 Å². The molecule has 0 saturated carbocycles. The Morgan fingerprint density at radius 2 is 1.90 bits per heavy atom. The standard InChI is InChI=1S/C14H10N2O3S2/c1-7-2-3-8-11(6-7)21-14(15-8)16-12(17)9-4-5-10(20-9)13(18)19/h2-6H,1H3,(H,18,19)(H,15,16,17). The third-order valence-electron chi connectivity index (χ3n) is 2.80. The second-order valence-electron chi connectivity index (χ2n) is 4.41. The highest BCUT2D eigenvalue weighted by Gasteiger charge is 2.14. The minimum Gasteiger partial charge on any atom is -0.477 e. The second kappa shape index (κ2) is 5.27.